The van der Waals surface area contributed by atoms with E-state index in [0.29, 0.717) is 6.10 Å². The molecule has 0 aromatic heterocycles. The number of nitrogens with one attached hydrogen (secondary N) is 1. The van der Waals surface area contributed by atoms with Gasteiger partial charge in [-0.3, -0.25) is 9.62 Å². The van der Waals surface area contributed by atoms with E-state index in [1.165, 1.54) is 6.54 Å². The largest absolute Gasteiger partial charge is 0.376 e. The molecule has 0 saturated carbocycles. The molecule has 0 spiro atoms. The molecule has 19 heavy (non-hydrogen) atoms. The quantitative estimate of drug-likeness (QED) is 0.364. The molecule has 0 radical (unpaired) electrons. The van der Waals surface area contributed by atoms with E-state index < -0.39 is 0 Å². The Balaban J connectivity index is 2.15. The van der Waals surface area contributed by atoms with E-state index in [2.05, 4.69) is 56.6 Å². The highest BCUT2D eigenvalue weighted by atomic mass is 127. The van der Waals surface area contributed by atoms with Crippen molar-refractivity contribution < 1.29 is 4.74 Å². The first-order chi connectivity index (χ1) is 9.11. The molecular formula is C13H28IN3OS. The number of morpholine rings is 1. The molecule has 1 atom stereocenters. The molecule has 0 aliphatic carbocycles. The van der Waals surface area contributed by atoms with Crippen LogP contribution in [-0.4, -0.2) is 68.8 Å². The Morgan fingerprint density at radius 3 is 3.00 bits per heavy atom. The normalized spacial score (nSPS) is 21.5. The van der Waals surface area contributed by atoms with Crippen molar-refractivity contribution in [2.75, 3.05) is 52.9 Å². The fourth-order valence-corrected chi connectivity index (χ4v) is 3.30. The molecular weight excluding hydrogens is 373 g/mol. The van der Waals surface area contributed by atoms with Gasteiger partial charge in [0.15, 0.2) is 0 Å². The second-order valence-electron chi connectivity index (χ2n) is 5.71. The van der Waals surface area contributed by atoms with Crippen molar-refractivity contribution in [2.24, 2.45) is 5.92 Å². The average Bonchev–Trinajstić information content (AvgIpc) is 2.36. The van der Waals surface area contributed by atoms with Gasteiger partial charge in [0.05, 0.1) is 12.7 Å². The summed E-state index contributed by atoms with van der Waals surface area (Å²) in [6, 6.07) is 0. The van der Waals surface area contributed by atoms with Gasteiger partial charge in [-0.1, -0.05) is 13.8 Å². The van der Waals surface area contributed by atoms with Gasteiger partial charge in [-0.25, -0.2) is 0 Å². The lowest BCUT2D eigenvalue weighted by Gasteiger charge is -2.34. The van der Waals surface area contributed by atoms with Crippen molar-refractivity contribution in [2.45, 2.75) is 26.4 Å². The molecule has 1 saturated heterocycles. The van der Waals surface area contributed by atoms with E-state index in [9.17, 15) is 0 Å². The van der Waals surface area contributed by atoms with Crippen LogP contribution in [0.4, 0.5) is 0 Å². The molecule has 1 aliphatic rings. The van der Waals surface area contributed by atoms with Crippen molar-refractivity contribution in [3.63, 3.8) is 0 Å². The number of rotatable bonds is 9. The lowest BCUT2D eigenvalue weighted by molar-refractivity contribution is -0.0327. The Hall–Kier alpha value is 0.920. The Morgan fingerprint density at radius 1 is 1.53 bits per heavy atom. The van der Waals surface area contributed by atoms with Gasteiger partial charge in [-0.05, 0) is 28.5 Å². The van der Waals surface area contributed by atoms with E-state index in [1.807, 2.05) is 0 Å². The van der Waals surface area contributed by atoms with Gasteiger partial charge in [0.2, 0.25) is 0 Å². The Morgan fingerprint density at radius 2 is 2.32 bits per heavy atom. The molecule has 0 aromatic rings. The van der Waals surface area contributed by atoms with Crippen molar-refractivity contribution in [3.05, 3.63) is 0 Å². The summed E-state index contributed by atoms with van der Waals surface area (Å²) in [5.41, 5.74) is 0. The van der Waals surface area contributed by atoms with Crippen molar-refractivity contribution >= 4 is 30.3 Å². The zero-order valence-corrected chi connectivity index (χ0v) is 15.4. The van der Waals surface area contributed by atoms with E-state index in [-0.39, 0.29) is 0 Å². The minimum Gasteiger partial charge on any atom is -0.376 e. The molecule has 1 fully saturated rings. The maximum Gasteiger partial charge on any atom is 0.0715 e. The topological polar surface area (TPSA) is 27.7 Å². The zero-order valence-electron chi connectivity index (χ0n) is 12.4. The molecule has 1 N–H and O–H groups in total. The van der Waals surface area contributed by atoms with Crippen molar-refractivity contribution in [1.29, 1.82) is 0 Å². The molecule has 6 heteroatoms. The van der Waals surface area contributed by atoms with Crippen LogP contribution in [0, 0.1) is 5.92 Å². The van der Waals surface area contributed by atoms with Crippen LogP contribution in [0.25, 0.3) is 0 Å². The smallest absolute Gasteiger partial charge is 0.0715 e. The van der Waals surface area contributed by atoms with Crippen LogP contribution in [0.1, 0.15) is 20.3 Å². The molecule has 1 heterocycles. The van der Waals surface area contributed by atoms with E-state index in [0.717, 1.165) is 51.7 Å². The predicted octanol–water partition coefficient (Wildman–Crippen LogP) is 2.25. The number of hydrogen-bond donors (Lipinski definition) is 1. The van der Waals surface area contributed by atoms with Crippen LogP contribution in [0.15, 0.2) is 0 Å². The molecule has 114 valence electrons. The highest BCUT2D eigenvalue weighted by Gasteiger charge is 2.20. The van der Waals surface area contributed by atoms with Crippen molar-refractivity contribution in [1.82, 2.24) is 14.5 Å². The first kappa shape index (κ1) is 18.0. The minimum absolute atomic E-state index is 0.403. The summed E-state index contributed by atoms with van der Waals surface area (Å²) in [7, 11) is 3.88. The van der Waals surface area contributed by atoms with Gasteiger partial charge in [0.1, 0.15) is 0 Å². The maximum atomic E-state index is 5.82. The zero-order chi connectivity index (χ0) is 14.1. The van der Waals surface area contributed by atoms with Crippen LogP contribution < -0.4 is 4.72 Å². The fourth-order valence-electron chi connectivity index (χ4n) is 2.44. The standard InChI is InChI=1S/C13H28IN3OS/c1-12(2)10-16(3)6-7-17-8-9-18-13(11-17)4-5-15-19-14/h12-13,15H,4-11H2,1-3H3/t13-/m0/s1. The van der Waals surface area contributed by atoms with Gasteiger partial charge < -0.3 is 9.64 Å². The number of likely N-dealkylation sites (N-methyl/N-ethyl adjacent to an activating group) is 1. The lowest BCUT2D eigenvalue weighted by Crippen LogP contribution is -2.46. The van der Waals surface area contributed by atoms with Gasteiger partial charge >= 0.3 is 0 Å². The predicted molar refractivity (Wildman–Crippen MR) is 92.7 cm³/mol. The van der Waals surface area contributed by atoms with Gasteiger partial charge in [-0.2, -0.15) is 0 Å². The molecule has 0 bridgehead atoms. The summed E-state index contributed by atoms with van der Waals surface area (Å²) in [5.74, 6) is 0.749. The number of hydrogen-bond acceptors (Lipinski definition) is 5. The summed E-state index contributed by atoms with van der Waals surface area (Å²) in [5, 5.41) is 0. The average molecular weight is 401 g/mol. The maximum absolute atomic E-state index is 5.82. The van der Waals surface area contributed by atoms with Gasteiger partial charge in [-0.15, -0.1) is 0 Å². The molecule has 0 amide bonds. The van der Waals surface area contributed by atoms with Crippen LogP contribution in [-0.2, 0) is 4.74 Å². The monoisotopic (exact) mass is 401 g/mol. The lowest BCUT2D eigenvalue weighted by atomic mass is 10.2. The molecule has 4 nitrogen and oxygen atoms in total. The highest BCUT2D eigenvalue weighted by Crippen LogP contribution is 2.10. The summed E-state index contributed by atoms with van der Waals surface area (Å²) in [6.07, 6.45) is 1.51. The summed E-state index contributed by atoms with van der Waals surface area (Å²) in [6.45, 7) is 12.1. The second kappa shape index (κ2) is 10.6. The first-order valence-corrected chi connectivity index (χ1v) is 10.5. The first-order valence-electron chi connectivity index (χ1n) is 7.14. The third kappa shape index (κ3) is 8.72. The third-order valence-corrected chi connectivity index (χ3v) is 4.57. The molecule has 1 rings (SSSR count). The number of nitrogens with zero attached hydrogens (tertiary/aromatic N) is 2. The van der Waals surface area contributed by atoms with E-state index in [4.69, 9.17) is 4.74 Å². The Labute approximate surface area is 134 Å². The van der Waals surface area contributed by atoms with Gasteiger partial charge in [0, 0.05) is 60.5 Å². The summed E-state index contributed by atoms with van der Waals surface area (Å²) < 4.78 is 9.10. The Bertz CT molecular complexity index is 234. The molecule has 0 unspecified atom stereocenters. The van der Waals surface area contributed by atoms with Gasteiger partial charge in [0.25, 0.3) is 0 Å². The third-order valence-electron chi connectivity index (χ3n) is 3.32. The second-order valence-corrected chi connectivity index (χ2v) is 7.47. The SMILES string of the molecule is CC(C)CN(C)CCN1CCO[C@@H](CCNSI)C1. The molecule has 0 aromatic carbocycles. The van der Waals surface area contributed by atoms with Crippen LogP contribution in [0.2, 0.25) is 0 Å². The van der Waals surface area contributed by atoms with Crippen molar-refractivity contribution in [3.8, 4) is 0 Å². The minimum atomic E-state index is 0.403. The molecule has 1 aliphatic heterocycles. The van der Waals surface area contributed by atoms with E-state index >= 15 is 0 Å². The van der Waals surface area contributed by atoms with Crippen LogP contribution in [0.5, 0.6) is 0 Å². The highest BCUT2D eigenvalue weighted by molar-refractivity contribution is 14.2. The fraction of sp³-hybridized carbons (Fsp3) is 1.00. The number of halogens is 1. The Kier molecular flexibility index (Phi) is 10.0. The number of ether oxygens (including phenoxy) is 1. The van der Waals surface area contributed by atoms with Crippen LogP contribution >= 0.6 is 30.3 Å². The van der Waals surface area contributed by atoms with Crippen LogP contribution in [0.3, 0.4) is 0 Å². The summed E-state index contributed by atoms with van der Waals surface area (Å²) >= 11 is 2.26. The summed E-state index contributed by atoms with van der Waals surface area (Å²) in [4.78, 5) is 4.98. The van der Waals surface area contributed by atoms with E-state index in [1.54, 1.807) is 9.12 Å².